The number of hydrogen-bond donors (Lipinski definition) is 1. The summed E-state index contributed by atoms with van der Waals surface area (Å²) in [5, 5.41) is 0. The lowest BCUT2D eigenvalue weighted by molar-refractivity contribution is -0.229. The number of phosphoric ester groups is 1. The number of epoxide rings is 2. The molecule has 0 bridgehead atoms. The van der Waals surface area contributed by atoms with Crippen LogP contribution in [0.25, 0.3) is 0 Å². The molecule has 9 atom stereocenters. The molecule has 0 aromatic rings. The summed E-state index contributed by atoms with van der Waals surface area (Å²) in [7, 11) is -1.50. The van der Waals surface area contributed by atoms with Gasteiger partial charge in [-0.25, -0.2) is 9.36 Å². The molecule has 10 nitrogen and oxygen atoms in total. The molecule has 0 aromatic heterocycles. The van der Waals surface area contributed by atoms with E-state index < -0.39 is 42.9 Å². The van der Waals surface area contributed by atoms with Gasteiger partial charge in [0.05, 0.1) is 0 Å². The van der Waals surface area contributed by atoms with Gasteiger partial charge in [0.15, 0.2) is 6.79 Å². The molecule has 0 spiro atoms. The first-order chi connectivity index (χ1) is 15.9. The molecule has 3 aliphatic heterocycles. The molecule has 2 aliphatic carbocycles. The third-order valence-corrected chi connectivity index (χ3v) is 10.4. The van der Waals surface area contributed by atoms with E-state index in [4.69, 9.17) is 28.2 Å². The third kappa shape index (κ3) is 2.88. The van der Waals surface area contributed by atoms with E-state index in [1.54, 1.807) is 7.11 Å². The highest BCUT2D eigenvalue weighted by molar-refractivity contribution is 7.47. The van der Waals surface area contributed by atoms with Crippen LogP contribution in [0, 0.1) is 17.3 Å². The van der Waals surface area contributed by atoms with Crippen LogP contribution in [0.15, 0.2) is 11.1 Å². The summed E-state index contributed by atoms with van der Waals surface area (Å²) in [6.45, 7) is 10.2. The Morgan fingerprint density at radius 3 is 2.53 bits per heavy atom. The topological polar surface area (TPSA) is 126 Å². The molecule has 0 amide bonds. The number of methoxy groups -OCH3 is 1. The van der Waals surface area contributed by atoms with Gasteiger partial charge in [-0.2, -0.15) is 0 Å². The summed E-state index contributed by atoms with van der Waals surface area (Å²) in [5.41, 5.74) is -1.00. The van der Waals surface area contributed by atoms with Crippen molar-refractivity contribution in [1.82, 2.24) is 0 Å². The largest absolute Gasteiger partial charge is 0.474 e. The average molecular weight is 502 g/mol. The molecule has 2 saturated heterocycles. The third-order valence-electron chi connectivity index (χ3n) is 9.52. The normalized spacial score (nSPS) is 48.7. The summed E-state index contributed by atoms with van der Waals surface area (Å²) in [5.74, 6) is -0.146. The first kappa shape index (κ1) is 24.8. The van der Waals surface area contributed by atoms with Crippen LogP contribution in [-0.2, 0) is 42.1 Å². The van der Waals surface area contributed by atoms with E-state index in [2.05, 4.69) is 32.2 Å². The van der Waals surface area contributed by atoms with Crippen molar-refractivity contribution >= 4 is 13.8 Å². The number of ether oxygens (including phenoxy) is 5. The molecule has 5 aliphatic rings. The highest BCUT2D eigenvalue weighted by Gasteiger charge is 2.92. The molecule has 11 heteroatoms. The van der Waals surface area contributed by atoms with Gasteiger partial charge in [-0.05, 0) is 37.2 Å². The van der Waals surface area contributed by atoms with Crippen LogP contribution in [-0.4, -0.2) is 73.6 Å². The summed E-state index contributed by atoms with van der Waals surface area (Å²) in [4.78, 5) is 21.9. The Balaban J connectivity index is 1.53. The lowest BCUT2D eigenvalue weighted by atomic mass is 9.50. The number of cyclic esters (lactones) is 1. The second-order valence-corrected chi connectivity index (χ2v) is 12.4. The fourth-order valence-electron chi connectivity index (χ4n) is 7.31. The summed E-state index contributed by atoms with van der Waals surface area (Å²) >= 11 is 0. The summed E-state index contributed by atoms with van der Waals surface area (Å²) < 4.78 is 52.2. The Morgan fingerprint density at radius 2 is 1.91 bits per heavy atom. The maximum absolute atomic E-state index is 12.2. The number of carbonyl (C=O) groups excluding carboxylic acids is 1. The molecular formula is C23H35O10P. The lowest BCUT2D eigenvalue weighted by Crippen LogP contribution is -2.71. The van der Waals surface area contributed by atoms with Gasteiger partial charge in [-0.3, -0.25) is 9.05 Å². The van der Waals surface area contributed by atoms with Gasteiger partial charge in [0.1, 0.15) is 41.7 Å². The van der Waals surface area contributed by atoms with Crippen LogP contribution in [0.3, 0.4) is 0 Å². The maximum Gasteiger partial charge on any atom is 0.474 e. The van der Waals surface area contributed by atoms with E-state index in [1.165, 1.54) is 0 Å². The van der Waals surface area contributed by atoms with E-state index in [9.17, 15) is 14.3 Å². The van der Waals surface area contributed by atoms with E-state index in [0.717, 1.165) is 24.7 Å². The smallest absolute Gasteiger partial charge is 0.458 e. The molecule has 3 fully saturated rings. The van der Waals surface area contributed by atoms with Crippen LogP contribution in [0.1, 0.15) is 47.5 Å². The Hall–Kier alpha value is -0.840. The van der Waals surface area contributed by atoms with E-state index in [0.29, 0.717) is 13.0 Å². The standard InChI is InChI=1S/C23H35O10P/c1-12(2)22-16(32-22)17-23(33-17,20(4)9-8-14-15(13(20)3)10-29-18(14)24)21(5,27-6)19(22)30-11-31-34(25,26)28-7/h12-13,16-17,19H,8-11H2,1-7H3,(H,25,26)/t13-,16-,17-,19-,20-,21+,22-,23+/m0/s1. The zero-order chi connectivity index (χ0) is 24.9. The SMILES string of the molecule is CO[C@]1(C)[C@H](OCOP(=O)(O)OC)[C@@]2(C(C)C)O[C@H]2[C@@H]2O[C@@]21[C@@]1(C)CCC2=C(COC2=O)[C@@H]1C. The number of fused-ring (bicyclic) bond motifs is 3. The number of phosphoric acid groups is 1. The van der Waals surface area contributed by atoms with Crippen LogP contribution in [0.2, 0.25) is 0 Å². The van der Waals surface area contributed by atoms with Crippen LogP contribution >= 0.6 is 7.82 Å². The van der Waals surface area contributed by atoms with Crippen molar-refractivity contribution in [2.75, 3.05) is 27.6 Å². The molecule has 0 radical (unpaired) electrons. The second-order valence-electron chi connectivity index (χ2n) is 10.8. The molecule has 1 unspecified atom stereocenters. The minimum absolute atomic E-state index is 0.00975. The van der Waals surface area contributed by atoms with E-state index in [1.807, 2.05) is 6.92 Å². The fraction of sp³-hybridized carbons (Fsp3) is 0.870. The number of rotatable bonds is 8. The van der Waals surface area contributed by atoms with Crippen molar-refractivity contribution in [1.29, 1.82) is 0 Å². The zero-order valence-electron chi connectivity index (χ0n) is 20.8. The number of esters is 1. The first-order valence-corrected chi connectivity index (χ1v) is 13.3. The van der Waals surface area contributed by atoms with Crippen molar-refractivity contribution in [2.24, 2.45) is 17.3 Å². The van der Waals surface area contributed by atoms with Crippen molar-refractivity contribution in [2.45, 2.75) is 82.6 Å². The predicted octanol–water partition coefficient (Wildman–Crippen LogP) is 2.73. The fourth-order valence-corrected chi connectivity index (χ4v) is 7.61. The minimum Gasteiger partial charge on any atom is -0.458 e. The van der Waals surface area contributed by atoms with Gasteiger partial charge < -0.3 is 28.6 Å². The second kappa shape index (κ2) is 7.59. The molecule has 5 rings (SSSR count). The monoisotopic (exact) mass is 502 g/mol. The molecule has 192 valence electrons. The Kier molecular flexibility index (Phi) is 5.54. The van der Waals surface area contributed by atoms with Gasteiger partial charge in [0, 0.05) is 25.2 Å². The molecule has 0 aromatic carbocycles. The van der Waals surface area contributed by atoms with Gasteiger partial charge in [-0.1, -0.05) is 27.7 Å². The molecular weight excluding hydrogens is 467 g/mol. The van der Waals surface area contributed by atoms with Gasteiger partial charge >= 0.3 is 13.8 Å². The Bertz CT molecular complexity index is 981. The van der Waals surface area contributed by atoms with Crippen LogP contribution in [0.4, 0.5) is 0 Å². The summed E-state index contributed by atoms with van der Waals surface area (Å²) in [6, 6.07) is 0. The van der Waals surface area contributed by atoms with Crippen LogP contribution in [0.5, 0.6) is 0 Å². The summed E-state index contributed by atoms with van der Waals surface area (Å²) in [6.07, 6.45) is 0.286. The van der Waals surface area contributed by atoms with E-state index in [-0.39, 0.29) is 30.0 Å². The number of carbonyl (C=O) groups is 1. The van der Waals surface area contributed by atoms with Crippen molar-refractivity contribution < 1.29 is 47.0 Å². The van der Waals surface area contributed by atoms with Crippen molar-refractivity contribution in [3.05, 3.63) is 11.1 Å². The highest BCUT2D eigenvalue weighted by Crippen LogP contribution is 2.75. The van der Waals surface area contributed by atoms with E-state index >= 15 is 0 Å². The highest BCUT2D eigenvalue weighted by atomic mass is 31.2. The van der Waals surface area contributed by atoms with Gasteiger partial charge in [0.2, 0.25) is 0 Å². The predicted molar refractivity (Wildman–Crippen MR) is 118 cm³/mol. The minimum atomic E-state index is -4.22. The lowest BCUT2D eigenvalue weighted by Gasteiger charge is -2.55. The van der Waals surface area contributed by atoms with Gasteiger partial charge in [0.25, 0.3) is 0 Å². The molecule has 1 saturated carbocycles. The van der Waals surface area contributed by atoms with Crippen molar-refractivity contribution in [3.8, 4) is 0 Å². The maximum atomic E-state index is 12.2. The van der Waals surface area contributed by atoms with Crippen molar-refractivity contribution in [3.63, 3.8) is 0 Å². The first-order valence-electron chi connectivity index (χ1n) is 11.8. The Labute approximate surface area is 199 Å². The zero-order valence-corrected chi connectivity index (χ0v) is 21.7. The number of hydrogen-bond acceptors (Lipinski definition) is 9. The molecule has 1 N–H and O–H groups in total. The molecule has 34 heavy (non-hydrogen) atoms. The average Bonchev–Trinajstić information content (AvgIpc) is 3.68. The van der Waals surface area contributed by atoms with Crippen LogP contribution < -0.4 is 0 Å². The quantitative estimate of drug-likeness (QED) is 0.229. The van der Waals surface area contributed by atoms with Gasteiger partial charge in [-0.15, -0.1) is 0 Å². The Morgan fingerprint density at radius 1 is 1.21 bits per heavy atom. The molecule has 3 heterocycles.